The topological polar surface area (TPSA) is 259 Å². The van der Waals surface area contributed by atoms with Gasteiger partial charge < -0.3 is 47.9 Å². The minimum atomic E-state index is -1.57. The number of primary amides is 1. The van der Waals surface area contributed by atoms with Crippen LogP contribution in [0.5, 0.6) is 0 Å². The summed E-state index contributed by atoms with van der Waals surface area (Å²) in [7, 11) is 0. The lowest BCUT2D eigenvalue weighted by Crippen LogP contribution is -2.58. The number of carbonyl (C=O) groups excluding carboxylic acids is 5. The number of rotatable bonds is 17. The highest BCUT2D eigenvalue weighted by Crippen LogP contribution is 2.19. The van der Waals surface area contributed by atoms with E-state index < -0.39 is 78.7 Å². The number of carbonyl (C=O) groups is 6. The molecule has 2 aromatic rings. The number of nitrogens with two attached hydrogens (primary N) is 2. The van der Waals surface area contributed by atoms with Gasteiger partial charge in [-0.25, -0.2) is 4.79 Å². The number of aliphatic hydroxyl groups is 1. The number of benzene rings is 1. The molecule has 15 nitrogen and oxygen atoms in total. The smallest absolute Gasteiger partial charge is 0.328 e. The van der Waals surface area contributed by atoms with E-state index in [1.165, 1.54) is 18.7 Å². The number of para-hydroxylation sites is 1. The van der Waals surface area contributed by atoms with Crippen LogP contribution in [0.3, 0.4) is 0 Å². The van der Waals surface area contributed by atoms with Gasteiger partial charge in [0.15, 0.2) is 0 Å². The lowest BCUT2D eigenvalue weighted by atomic mass is 10.0. The fraction of sp³-hybridized carbons (Fsp3) is 0.462. The predicted molar refractivity (Wildman–Crippen MR) is 155 cm³/mol. The molecule has 0 spiro atoms. The first-order valence-corrected chi connectivity index (χ1v) is 14.4. The van der Waals surface area contributed by atoms with Gasteiger partial charge in [0.1, 0.15) is 24.2 Å². The molecule has 0 fully saturated rings. The van der Waals surface area contributed by atoms with E-state index in [0.29, 0.717) is 11.3 Å². The van der Waals surface area contributed by atoms with Crippen molar-refractivity contribution in [3.63, 3.8) is 0 Å². The largest absolute Gasteiger partial charge is 0.480 e. The Kier molecular flexibility index (Phi) is 13.2. The average molecular weight is 608 g/mol. The Hall–Kier alpha value is -4.15. The number of thioether (sulfide) groups is 1. The molecule has 0 unspecified atom stereocenters. The number of aliphatic carboxylic acids is 1. The van der Waals surface area contributed by atoms with Crippen LogP contribution in [0.15, 0.2) is 30.5 Å². The summed E-state index contributed by atoms with van der Waals surface area (Å²) < 4.78 is 0. The van der Waals surface area contributed by atoms with Crippen molar-refractivity contribution in [3.05, 3.63) is 36.0 Å². The number of amides is 5. The van der Waals surface area contributed by atoms with E-state index in [4.69, 9.17) is 11.5 Å². The summed E-state index contributed by atoms with van der Waals surface area (Å²) in [6.45, 7) is 0.511. The van der Waals surface area contributed by atoms with Gasteiger partial charge in [-0.05, 0) is 37.0 Å². The molecule has 0 aliphatic carbocycles. The molecule has 11 N–H and O–H groups in total. The fourth-order valence-corrected chi connectivity index (χ4v) is 4.43. The van der Waals surface area contributed by atoms with Crippen LogP contribution in [-0.4, -0.2) is 99.5 Å². The molecular formula is C26H37N7O8S. The van der Waals surface area contributed by atoms with E-state index in [1.54, 1.807) is 12.5 Å². The van der Waals surface area contributed by atoms with Gasteiger partial charge in [-0.2, -0.15) is 11.8 Å². The standard InChI is InChI=1S/C26H37N7O8S/c1-13(30-23(37)16(27)10-21(28)35)22(36)32-19(9-14-11-29-17-6-4-3-5-15(14)17)25(39)31-18(7-8-42-2)24(38)33-20(12-34)26(40)41/h3-6,11,13,16,18-20,29,34H,7-10,12,27H2,1-2H3,(H2,28,35)(H,30,37)(H,31,39)(H,32,36)(H,33,38)(H,40,41)/t13-,16-,18-,19-,20-/m0/s1. The van der Waals surface area contributed by atoms with E-state index in [2.05, 4.69) is 26.3 Å². The normalized spacial score (nSPS) is 14.6. The van der Waals surface area contributed by atoms with Gasteiger partial charge in [-0.3, -0.25) is 24.0 Å². The molecule has 16 heteroatoms. The van der Waals surface area contributed by atoms with E-state index in [0.717, 1.165) is 10.9 Å². The van der Waals surface area contributed by atoms with Gasteiger partial charge in [0.25, 0.3) is 0 Å². The second-order valence-electron chi connectivity index (χ2n) is 9.56. The molecule has 0 aliphatic heterocycles. The minimum Gasteiger partial charge on any atom is -0.480 e. The maximum absolute atomic E-state index is 13.5. The fourth-order valence-electron chi connectivity index (χ4n) is 3.96. The first kappa shape index (κ1) is 34.1. The highest BCUT2D eigenvalue weighted by Gasteiger charge is 2.31. The van der Waals surface area contributed by atoms with Crippen molar-refractivity contribution in [1.82, 2.24) is 26.3 Å². The van der Waals surface area contributed by atoms with Crippen molar-refractivity contribution in [3.8, 4) is 0 Å². The zero-order chi connectivity index (χ0) is 31.4. The van der Waals surface area contributed by atoms with Crippen molar-refractivity contribution >= 4 is 58.2 Å². The van der Waals surface area contributed by atoms with Gasteiger partial charge in [0.05, 0.1) is 19.1 Å². The minimum absolute atomic E-state index is 0.00526. The number of H-pyrrole nitrogens is 1. The molecule has 42 heavy (non-hydrogen) atoms. The summed E-state index contributed by atoms with van der Waals surface area (Å²) in [5.41, 5.74) is 12.2. The Bertz CT molecular complexity index is 1290. The maximum Gasteiger partial charge on any atom is 0.328 e. The zero-order valence-corrected chi connectivity index (χ0v) is 24.0. The molecule has 5 amide bonds. The third-order valence-electron chi connectivity index (χ3n) is 6.28. The van der Waals surface area contributed by atoms with Gasteiger partial charge in [-0.1, -0.05) is 18.2 Å². The Balaban J connectivity index is 2.28. The second-order valence-corrected chi connectivity index (χ2v) is 10.5. The molecule has 0 bridgehead atoms. The number of aromatic nitrogens is 1. The van der Waals surface area contributed by atoms with Crippen LogP contribution in [0, 0.1) is 0 Å². The lowest BCUT2D eigenvalue weighted by Gasteiger charge is -2.25. The predicted octanol–water partition coefficient (Wildman–Crippen LogP) is -2.30. The molecule has 230 valence electrons. The van der Waals surface area contributed by atoms with Crippen molar-refractivity contribution in [2.75, 3.05) is 18.6 Å². The van der Waals surface area contributed by atoms with Gasteiger partial charge in [-0.15, -0.1) is 0 Å². The second kappa shape index (κ2) is 16.3. The summed E-state index contributed by atoms with van der Waals surface area (Å²) in [5.74, 6) is -4.90. The van der Waals surface area contributed by atoms with E-state index >= 15 is 0 Å². The quantitative estimate of drug-likeness (QED) is 0.0929. The molecule has 0 saturated heterocycles. The number of aliphatic hydroxyl groups excluding tert-OH is 1. The molecule has 1 heterocycles. The van der Waals surface area contributed by atoms with E-state index in [1.807, 2.05) is 24.3 Å². The number of hydrogen-bond donors (Lipinski definition) is 9. The number of aromatic amines is 1. The summed E-state index contributed by atoms with van der Waals surface area (Å²) in [6, 6.07) is 0.893. The van der Waals surface area contributed by atoms with Crippen molar-refractivity contribution in [2.24, 2.45) is 11.5 Å². The van der Waals surface area contributed by atoms with E-state index in [9.17, 15) is 39.0 Å². The summed E-state index contributed by atoms with van der Waals surface area (Å²) >= 11 is 1.39. The number of hydrogen-bond acceptors (Lipinski definition) is 9. The lowest BCUT2D eigenvalue weighted by molar-refractivity contribution is -0.143. The Morgan fingerprint density at radius 3 is 2.17 bits per heavy atom. The van der Waals surface area contributed by atoms with Crippen molar-refractivity contribution in [2.45, 2.75) is 56.4 Å². The van der Waals surface area contributed by atoms with Crippen molar-refractivity contribution in [1.29, 1.82) is 0 Å². The molecule has 5 atom stereocenters. The number of fused-ring (bicyclic) bond motifs is 1. The molecule has 0 aliphatic rings. The highest BCUT2D eigenvalue weighted by atomic mass is 32.2. The van der Waals surface area contributed by atoms with Crippen LogP contribution in [0.4, 0.5) is 0 Å². The van der Waals surface area contributed by atoms with Crippen LogP contribution in [0.25, 0.3) is 10.9 Å². The number of nitrogens with one attached hydrogen (secondary N) is 5. The van der Waals surface area contributed by atoms with Crippen LogP contribution >= 0.6 is 11.8 Å². The molecule has 1 aromatic heterocycles. The van der Waals surface area contributed by atoms with Crippen molar-refractivity contribution < 1.29 is 39.0 Å². The third kappa shape index (κ3) is 10.0. The van der Waals surface area contributed by atoms with Crippen LogP contribution in [0.2, 0.25) is 0 Å². The maximum atomic E-state index is 13.5. The van der Waals surface area contributed by atoms with Crippen LogP contribution in [-0.2, 0) is 35.2 Å². The Morgan fingerprint density at radius 1 is 0.929 bits per heavy atom. The summed E-state index contributed by atoms with van der Waals surface area (Å²) in [6.07, 6.45) is 3.17. The zero-order valence-electron chi connectivity index (χ0n) is 23.2. The molecule has 2 rings (SSSR count). The average Bonchev–Trinajstić information content (AvgIpc) is 3.35. The molecule has 1 aromatic carbocycles. The first-order valence-electron chi connectivity index (χ1n) is 13.0. The number of carboxylic acids is 1. The molecular weight excluding hydrogens is 570 g/mol. The SMILES string of the molecule is CSCC[C@H](NC(=O)[C@H](Cc1c[nH]c2ccccc12)NC(=O)[C@H](C)NC(=O)[C@@H](N)CC(N)=O)C(=O)N[C@@H](CO)C(=O)O. The molecule has 0 radical (unpaired) electrons. The number of carboxylic acid groups (broad SMARTS) is 1. The van der Waals surface area contributed by atoms with Crippen LogP contribution in [0.1, 0.15) is 25.3 Å². The Labute approximate surface area is 245 Å². The highest BCUT2D eigenvalue weighted by molar-refractivity contribution is 7.98. The summed E-state index contributed by atoms with van der Waals surface area (Å²) in [5, 5.41) is 29.0. The third-order valence-corrected chi connectivity index (χ3v) is 6.93. The van der Waals surface area contributed by atoms with Gasteiger partial charge in [0.2, 0.25) is 29.5 Å². The Morgan fingerprint density at radius 2 is 1.55 bits per heavy atom. The van der Waals surface area contributed by atoms with E-state index in [-0.39, 0.29) is 12.8 Å². The van der Waals surface area contributed by atoms with Gasteiger partial charge in [0, 0.05) is 23.5 Å². The molecule has 0 saturated carbocycles. The van der Waals surface area contributed by atoms with Crippen LogP contribution < -0.4 is 32.7 Å². The monoisotopic (exact) mass is 607 g/mol. The summed E-state index contributed by atoms with van der Waals surface area (Å²) in [4.78, 5) is 77.2. The van der Waals surface area contributed by atoms with Gasteiger partial charge >= 0.3 is 5.97 Å². The first-order chi connectivity index (χ1) is 19.9.